The molecule has 1 saturated carbocycles. The van der Waals surface area contributed by atoms with Crippen molar-refractivity contribution in [3.8, 4) is 5.75 Å². The van der Waals surface area contributed by atoms with Crippen LogP contribution in [0.1, 0.15) is 24.0 Å². The van der Waals surface area contributed by atoms with Crippen LogP contribution in [0.3, 0.4) is 0 Å². The topological polar surface area (TPSA) is 70.7 Å². The summed E-state index contributed by atoms with van der Waals surface area (Å²) in [5.74, 6) is 0.596. The van der Waals surface area contributed by atoms with Gasteiger partial charge >= 0.3 is 6.03 Å². The van der Waals surface area contributed by atoms with Gasteiger partial charge in [0.2, 0.25) is 0 Å². The van der Waals surface area contributed by atoms with Crippen LogP contribution in [0.25, 0.3) is 0 Å². The van der Waals surface area contributed by atoms with Gasteiger partial charge in [-0.3, -0.25) is 9.69 Å². The van der Waals surface area contributed by atoms with E-state index in [0.29, 0.717) is 12.8 Å². The average molecular weight is 365 g/mol. The molecule has 0 bridgehead atoms. The number of hydrogen-bond acceptors (Lipinski definition) is 4. The summed E-state index contributed by atoms with van der Waals surface area (Å²) in [7, 11) is 3.50. The summed E-state index contributed by atoms with van der Waals surface area (Å²) in [5.41, 5.74) is 0.912. The van der Waals surface area contributed by atoms with Gasteiger partial charge < -0.3 is 15.4 Å². The van der Waals surface area contributed by atoms with Crippen LogP contribution in [0.15, 0.2) is 54.6 Å². The third kappa shape index (κ3) is 2.77. The SMILES string of the molecule is CNC1(c2ccccc2)CC2(C1)NC(=O)N(Cc1ccc(OC)cc1)C2=O. The molecular formula is C21H23N3O3. The quantitative estimate of drug-likeness (QED) is 0.799. The van der Waals surface area contributed by atoms with Crippen LogP contribution in [-0.4, -0.2) is 36.5 Å². The monoisotopic (exact) mass is 365 g/mol. The van der Waals surface area contributed by atoms with Crippen LogP contribution >= 0.6 is 0 Å². The van der Waals surface area contributed by atoms with E-state index in [9.17, 15) is 9.59 Å². The van der Waals surface area contributed by atoms with Gasteiger partial charge in [-0.25, -0.2) is 4.79 Å². The fraction of sp³-hybridized carbons (Fsp3) is 0.333. The summed E-state index contributed by atoms with van der Waals surface area (Å²) in [5, 5.41) is 6.30. The Balaban J connectivity index is 1.52. The van der Waals surface area contributed by atoms with Gasteiger partial charge in [0.1, 0.15) is 11.3 Å². The minimum atomic E-state index is -0.817. The minimum absolute atomic E-state index is 0.148. The van der Waals surface area contributed by atoms with Gasteiger partial charge in [0.25, 0.3) is 5.91 Å². The van der Waals surface area contributed by atoms with E-state index >= 15 is 0 Å². The molecule has 4 rings (SSSR count). The van der Waals surface area contributed by atoms with Crippen LogP contribution in [-0.2, 0) is 16.9 Å². The van der Waals surface area contributed by atoms with Crippen molar-refractivity contribution in [1.29, 1.82) is 0 Å². The zero-order valence-electron chi connectivity index (χ0n) is 15.5. The van der Waals surface area contributed by atoms with E-state index in [1.807, 2.05) is 49.5 Å². The van der Waals surface area contributed by atoms with Crippen molar-refractivity contribution in [3.05, 3.63) is 65.7 Å². The molecule has 27 heavy (non-hydrogen) atoms. The van der Waals surface area contributed by atoms with Crippen molar-refractivity contribution in [2.45, 2.75) is 30.5 Å². The van der Waals surface area contributed by atoms with E-state index in [1.54, 1.807) is 7.11 Å². The molecule has 2 N–H and O–H groups in total. The first kappa shape index (κ1) is 17.5. The molecule has 0 aromatic heterocycles. The Morgan fingerprint density at radius 2 is 1.74 bits per heavy atom. The summed E-state index contributed by atoms with van der Waals surface area (Å²) >= 11 is 0. The van der Waals surface area contributed by atoms with Crippen LogP contribution < -0.4 is 15.4 Å². The third-order valence-electron chi connectivity index (χ3n) is 5.76. The summed E-state index contributed by atoms with van der Waals surface area (Å²) in [6.07, 6.45) is 1.09. The predicted octanol–water partition coefficient (Wildman–Crippen LogP) is 2.39. The number of methoxy groups -OCH3 is 1. The van der Waals surface area contributed by atoms with Gasteiger partial charge in [-0.05, 0) is 30.3 Å². The second-order valence-electron chi connectivity index (χ2n) is 7.30. The first-order valence-corrected chi connectivity index (χ1v) is 9.03. The third-order valence-corrected chi connectivity index (χ3v) is 5.76. The van der Waals surface area contributed by atoms with Crippen molar-refractivity contribution < 1.29 is 14.3 Å². The van der Waals surface area contributed by atoms with Gasteiger partial charge in [-0.15, -0.1) is 0 Å². The lowest BCUT2D eigenvalue weighted by Gasteiger charge is -2.53. The zero-order valence-corrected chi connectivity index (χ0v) is 15.5. The molecule has 0 atom stereocenters. The maximum absolute atomic E-state index is 13.1. The number of ether oxygens (including phenoxy) is 1. The van der Waals surface area contributed by atoms with Crippen molar-refractivity contribution in [1.82, 2.24) is 15.5 Å². The van der Waals surface area contributed by atoms with Crippen molar-refractivity contribution >= 4 is 11.9 Å². The number of amides is 3. The summed E-state index contributed by atoms with van der Waals surface area (Å²) < 4.78 is 5.15. The molecule has 1 saturated heterocycles. The number of carbonyl (C=O) groups is 2. The van der Waals surface area contributed by atoms with Crippen LogP contribution in [0.2, 0.25) is 0 Å². The van der Waals surface area contributed by atoms with Gasteiger partial charge in [-0.2, -0.15) is 0 Å². The van der Waals surface area contributed by atoms with Gasteiger partial charge in [0, 0.05) is 18.4 Å². The van der Waals surface area contributed by atoms with Crippen LogP contribution in [0.5, 0.6) is 5.75 Å². The fourth-order valence-electron chi connectivity index (χ4n) is 4.23. The second-order valence-corrected chi connectivity index (χ2v) is 7.30. The molecule has 1 aliphatic carbocycles. The maximum atomic E-state index is 13.1. The smallest absolute Gasteiger partial charge is 0.325 e. The van der Waals surface area contributed by atoms with E-state index in [4.69, 9.17) is 4.74 Å². The zero-order chi connectivity index (χ0) is 19.1. The molecule has 6 nitrogen and oxygen atoms in total. The van der Waals surface area contributed by atoms with E-state index in [0.717, 1.165) is 16.9 Å². The van der Waals surface area contributed by atoms with Gasteiger partial charge in [0.05, 0.1) is 13.7 Å². The number of benzene rings is 2. The number of nitrogens with zero attached hydrogens (tertiary/aromatic N) is 1. The Bertz CT molecular complexity index is 858. The largest absolute Gasteiger partial charge is 0.497 e. The summed E-state index contributed by atoms with van der Waals surface area (Å²) in [6.45, 7) is 0.258. The normalized spacial score (nSPS) is 26.8. The van der Waals surface area contributed by atoms with Gasteiger partial charge in [-0.1, -0.05) is 42.5 Å². The van der Waals surface area contributed by atoms with E-state index in [-0.39, 0.29) is 24.0 Å². The highest BCUT2D eigenvalue weighted by atomic mass is 16.5. The lowest BCUT2D eigenvalue weighted by Crippen LogP contribution is -2.68. The molecular weight excluding hydrogens is 342 g/mol. The van der Waals surface area contributed by atoms with Gasteiger partial charge in [0.15, 0.2) is 0 Å². The first-order chi connectivity index (χ1) is 13.0. The number of hydrogen-bond donors (Lipinski definition) is 2. The van der Waals surface area contributed by atoms with Crippen molar-refractivity contribution in [3.63, 3.8) is 0 Å². The lowest BCUT2D eigenvalue weighted by molar-refractivity contribution is -0.138. The van der Waals surface area contributed by atoms with Crippen LogP contribution in [0.4, 0.5) is 4.79 Å². The lowest BCUT2D eigenvalue weighted by atomic mass is 9.59. The molecule has 1 heterocycles. The molecule has 2 aromatic rings. The molecule has 6 heteroatoms. The Labute approximate surface area is 158 Å². The molecule has 2 fully saturated rings. The Morgan fingerprint density at radius 1 is 1.07 bits per heavy atom. The molecule has 1 aliphatic heterocycles. The molecule has 140 valence electrons. The number of rotatable bonds is 5. The fourth-order valence-corrected chi connectivity index (χ4v) is 4.23. The van der Waals surface area contributed by atoms with E-state index < -0.39 is 5.54 Å². The first-order valence-electron chi connectivity index (χ1n) is 9.03. The number of urea groups is 1. The standard InChI is InChI=1S/C21H23N3O3/c1-22-20(16-6-4-3-5-7-16)13-21(14-20)18(25)24(19(26)23-21)12-15-8-10-17(27-2)11-9-15/h3-11,22H,12-14H2,1-2H3,(H,23,26). The van der Waals surface area contributed by atoms with E-state index in [1.165, 1.54) is 4.90 Å². The highest BCUT2D eigenvalue weighted by molar-refractivity contribution is 6.08. The molecule has 3 amide bonds. The minimum Gasteiger partial charge on any atom is -0.497 e. The number of imide groups is 1. The Kier molecular flexibility index (Phi) is 4.15. The highest BCUT2D eigenvalue weighted by Gasteiger charge is 2.64. The molecule has 0 radical (unpaired) electrons. The molecule has 0 unspecified atom stereocenters. The number of carbonyl (C=O) groups excluding carboxylic acids is 2. The predicted molar refractivity (Wildman–Crippen MR) is 101 cm³/mol. The van der Waals surface area contributed by atoms with Crippen molar-refractivity contribution in [2.75, 3.05) is 14.2 Å². The highest BCUT2D eigenvalue weighted by Crippen LogP contribution is 2.50. The summed E-state index contributed by atoms with van der Waals surface area (Å²) in [6, 6.07) is 17.1. The van der Waals surface area contributed by atoms with E-state index in [2.05, 4.69) is 22.8 Å². The Morgan fingerprint density at radius 3 is 2.33 bits per heavy atom. The van der Waals surface area contributed by atoms with Crippen molar-refractivity contribution in [2.24, 2.45) is 0 Å². The average Bonchev–Trinajstić information content (AvgIpc) is 2.92. The number of nitrogens with one attached hydrogen (secondary N) is 2. The Hall–Kier alpha value is -2.86. The summed E-state index contributed by atoms with van der Waals surface area (Å²) in [4.78, 5) is 26.9. The second kappa shape index (κ2) is 6.39. The van der Waals surface area contributed by atoms with Crippen LogP contribution in [0, 0.1) is 0 Å². The maximum Gasteiger partial charge on any atom is 0.325 e. The molecule has 1 spiro atoms. The molecule has 2 aliphatic rings. The molecule has 2 aromatic carbocycles.